The summed E-state index contributed by atoms with van der Waals surface area (Å²) in [6.45, 7) is 0.608. The fourth-order valence-corrected chi connectivity index (χ4v) is 8.76. The second kappa shape index (κ2) is 11.8. The van der Waals surface area contributed by atoms with Crippen LogP contribution < -0.4 is 11.5 Å². The zero-order valence-corrected chi connectivity index (χ0v) is 25.9. The first-order valence-corrected chi connectivity index (χ1v) is 16.9. The molecule has 1 saturated carbocycles. The molecular weight excluding hydrogens is 579 g/mol. The maximum Gasteiger partial charge on any atom is 0.259 e. The van der Waals surface area contributed by atoms with Crippen molar-refractivity contribution in [2.45, 2.75) is 55.9 Å². The van der Waals surface area contributed by atoms with Crippen LogP contribution in [0.25, 0.3) is 32.4 Å². The Labute approximate surface area is 263 Å². The highest BCUT2D eigenvalue weighted by molar-refractivity contribution is 7.89. The third-order valence-corrected chi connectivity index (χ3v) is 11.2. The number of benzene rings is 5. The summed E-state index contributed by atoms with van der Waals surface area (Å²) in [4.78, 5) is 0. The first kappa shape index (κ1) is 29.2. The minimum atomic E-state index is -4.01. The van der Waals surface area contributed by atoms with Crippen molar-refractivity contribution in [2.24, 2.45) is 11.5 Å². The van der Waals surface area contributed by atoms with E-state index in [1.807, 2.05) is 59.2 Å². The van der Waals surface area contributed by atoms with Gasteiger partial charge in [0.05, 0.1) is 5.52 Å². The molecule has 1 aromatic heterocycles. The van der Waals surface area contributed by atoms with Crippen LogP contribution in [0, 0.1) is 5.41 Å². The summed E-state index contributed by atoms with van der Waals surface area (Å²) in [7, 11) is -4.01. The Kier molecular flexibility index (Phi) is 7.65. The zero-order valence-electron chi connectivity index (χ0n) is 25.1. The molecule has 5 N–H and O–H groups in total. The number of nitrogen functional groups attached to an aromatic ring is 1. The number of rotatable bonds is 8. The van der Waals surface area contributed by atoms with Gasteiger partial charge in [-0.2, -0.15) is 4.31 Å². The zero-order chi connectivity index (χ0) is 31.1. The molecular formula is C37H37N5O2S. The number of fused-ring (bicyclic) bond motifs is 3. The Balaban J connectivity index is 1.41. The summed E-state index contributed by atoms with van der Waals surface area (Å²) in [6.07, 6.45) is 2.99. The monoisotopic (exact) mass is 615 g/mol. The van der Waals surface area contributed by atoms with E-state index in [0.29, 0.717) is 24.9 Å². The molecule has 0 amide bonds. The summed E-state index contributed by atoms with van der Waals surface area (Å²) in [5.74, 6) is -0.0599. The topological polar surface area (TPSA) is 118 Å². The largest absolute Gasteiger partial charge is 0.384 e. The van der Waals surface area contributed by atoms with Crippen molar-refractivity contribution in [1.29, 1.82) is 5.41 Å². The van der Waals surface area contributed by atoms with Crippen LogP contribution in [0.5, 0.6) is 0 Å². The van der Waals surface area contributed by atoms with E-state index in [1.165, 1.54) is 0 Å². The number of hydrogen-bond acceptors (Lipinski definition) is 4. The summed E-state index contributed by atoms with van der Waals surface area (Å²) < 4.78 is 33.9. The first-order chi connectivity index (χ1) is 21.8. The van der Waals surface area contributed by atoms with Crippen LogP contribution in [0.3, 0.4) is 0 Å². The molecule has 0 unspecified atom stereocenters. The van der Waals surface area contributed by atoms with E-state index >= 15 is 8.42 Å². The molecule has 1 aliphatic carbocycles. The Morgan fingerprint density at radius 1 is 0.756 bits per heavy atom. The standard InChI is InChI=1S/C37H37N5O2S/c38-31-17-19-32(20-18-31)42(24-30-12-6-10-26-8-2-4-14-34(26)30)45(43,44)36-22-27-15-16-28(37(39)40)21-35(27)41(36)23-29-11-5-9-25-7-1-3-13-33(25)29/h1-16,21-22,31-32H,17-20,23-24,38H2,(H3,39,40)/t31-,32-. The molecule has 0 saturated heterocycles. The molecule has 45 heavy (non-hydrogen) atoms. The van der Waals surface area contributed by atoms with Crippen molar-refractivity contribution in [3.8, 4) is 0 Å². The number of nitrogens with two attached hydrogens (primary N) is 2. The average molecular weight is 616 g/mol. The summed E-state index contributed by atoms with van der Waals surface area (Å²) in [5.41, 5.74) is 15.5. The first-order valence-electron chi connectivity index (χ1n) is 15.5. The van der Waals surface area contributed by atoms with E-state index in [2.05, 4.69) is 42.5 Å². The van der Waals surface area contributed by atoms with Gasteiger partial charge in [-0.3, -0.25) is 5.41 Å². The summed E-state index contributed by atoms with van der Waals surface area (Å²) in [6, 6.07) is 35.7. The van der Waals surface area contributed by atoms with Gasteiger partial charge in [0, 0.05) is 36.1 Å². The highest BCUT2D eigenvalue weighted by Gasteiger charge is 2.36. The van der Waals surface area contributed by atoms with Gasteiger partial charge >= 0.3 is 0 Å². The Bertz CT molecular complexity index is 2150. The number of nitrogens with one attached hydrogen (secondary N) is 1. The lowest BCUT2D eigenvalue weighted by Gasteiger charge is -2.35. The van der Waals surface area contributed by atoms with Crippen LogP contribution in [0.2, 0.25) is 0 Å². The predicted octanol–water partition coefficient (Wildman–Crippen LogP) is 6.74. The van der Waals surface area contributed by atoms with Crippen molar-refractivity contribution >= 4 is 48.3 Å². The van der Waals surface area contributed by atoms with Gasteiger partial charge in [0.2, 0.25) is 0 Å². The number of aromatic nitrogens is 1. The SMILES string of the molecule is N=C(N)c1ccc2cc(S(=O)(=O)N(Cc3cccc4ccccc34)[C@H]3CC[C@H](N)CC3)n(Cc3cccc4ccccc34)c2c1. The highest BCUT2D eigenvalue weighted by Crippen LogP contribution is 2.35. The van der Waals surface area contributed by atoms with Crippen molar-refractivity contribution in [3.05, 3.63) is 126 Å². The van der Waals surface area contributed by atoms with E-state index in [9.17, 15) is 0 Å². The molecule has 1 aliphatic rings. The number of nitrogens with zero attached hydrogens (tertiary/aromatic N) is 2. The molecule has 1 fully saturated rings. The fraction of sp³-hybridized carbons (Fsp3) is 0.216. The minimum Gasteiger partial charge on any atom is -0.384 e. The molecule has 8 heteroatoms. The maximum atomic E-state index is 15.1. The van der Waals surface area contributed by atoms with Crippen molar-refractivity contribution in [2.75, 3.05) is 0 Å². The Hall–Kier alpha value is -4.50. The molecule has 7 rings (SSSR count). The van der Waals surface area contributed by atoms with Gasteiger partial charge in [0.1, 0.15) is 5.84 Å². The molecule has 6 aromatic rings. The van der Waals surface area contributed by atoms with Crippen LogP contribution in [-0.2, 0) is 23.1 Å². The van der Waals surface area contributed by atoms with Gasteiger partial charge in [0.25, 0.3) is 10.0 Å². The lowest BCUT2D eigenvalue weighted by atomic mass is 9.91. The van der Waals surface area contributed by atoms with E-state index in [0.717, 1.165) is 56.4 Å². The lowest BCUT2D eigenvalue weighted by Crippen LogP contribution is -2.44. The third kappa shape index (κ3) is 5.50. The second-order valence-electron chi connectivity index (χ2n) is 12.2. The van der Waals surface area contributed by atoms with Crippen molar-refractivity contribution in [1.82, 2.24) is 8.87 Å². The molecule has 1 heterocycles. The van der Waals surface area contributed by atoms with E-state index in [1.54, 1.807) is 16.4 Å². The van der Waals surface area contributed by atoms with Gasteiger partial charge in [-0.1, -0.05) is 97.1 Å². The van der Waals surface area contributed by atoms with E-state index in [-0.39, 0.29) is 29.5 Å². The quantitative estimate of drug-likeness (QED) is 0.130. The predicted molar refractivity (Wildman–Crippen MR) is 183 cm³/mol. The van der Waals surface area contributed by atoms with Gasteiger partial charge < -0.3 is 16.0 Å². The van der Waals surface area contributed by atoms with E-state index < -0.39 is 10.0 Å². The molecule has 0 aliphatic heterocycles. The van der Waals surface area contributed by atoms with Gasteiger partial charge in [-0.25, -0.2) is 8.42 Å². The average Bonchev–Trinajstić information content (AvgIpc) is 3.42. The maximum absolute atomic E-state index is 15.1. The molecule has 0 atom stereocenters. The fourth-order valence-electron chi connectivity index (χ4n) is 6.89. The van der Waals surface area contributed by atoms with Crippen LogP contribution in [-0.4, -0.2) is 35.2 Å². The number of amidine groups is 1. The minimum absolute atomic E-state index is 0.0599. The summed E-state index contributed by atoms with van der Waals surface area (Å²) >= 11 is 0. The highest BCUT2D eigenvalue weighted by atomic mass is 32.2. The molecule has 0 spiro atoms. The van der Waals surface area contributed by atoms with Gasteiger partial charge in [-0.15, -0.1) is 0 Å². The molecule has 0 bridgehead atoms. The van der Waals surface area contributed by atoms with Crippen LogP contribution in [0.15, 0.2) is 114 Å². The normalized spacial score (nSPS) is 17.4. The summed E-state index contributed by atoms with van der Waals surface area (Å²) in [5, 5.41) is 13.4. The van der Waals surface area contributed by atoms with Crippen molar-refractivity contribution < 1.29 is 8.42 Å². The number of sulfonamides is 1. The molecule has 228 valence electrons. The van der Waals surface area contributed by atoms with Crippen molar-refractivity contribution in [3.63, 3.8) is 0 Å². The Morgan fingerprint density at radius 3 is 2.02 bits per heavy atom. The number of hydrogen-bond donors (Lipinski definition) is 3. The third-order valence-electron chi connectivity index (χ3n) is 9.31. The molecule has 0 radical (unpaired) electrons. The second-order valence-corrected chi connectivity index (χ2v) is 14.0. The van der Waals surface area contributed by atoms with Crippen LogP contribution in [0.4, 0.5) is 0 Å². The van der Waals surface area contributed by atoms with Crippen LogP contribution in [0.1, 0.15) is 42.4 Å². The van der Waals surface area contributed by atoms with E-state index in [4.69, 9.17) is 16.9 Å². The molecule has 7 nitrogen and oxygen atoms in total. The Morgan fingerprint density at radius 2 is 1.36 bits per heavy atom. The lowest BCUT2D eigenvalue weighted by molar-refractivity contribution is 0.234. The van der Waals surface area contributed by atoms with Gasteiger partial charge in [-0.05, 0) is 70.5 Å². The van der Waals surface area contributed by atoms with Crippen LogP contribution >= 0.6 is 0 Å². The smallest absolute Gasteiger partial charge is 0.259 e. The molecule has 5 aromatic carbocycles. The van der Waals surface area contributed by atoms with Gasteiger partial charge in [0.15, 0.2) is 5.03 Å².